The molecule has 0 unspecified atom stereocenters. The molecular weight excluding hydrogens is 330 g/mol. The van der Waals surface area contributed by atoms with Crippen molar-refractivity contribution in [2.45, 2.75) is 38.1 Å². The van der Waals surface area contributed by atoms with E-state index in [0.29, 0.717) is 17.5 Å². The number of hydrogen-bond acceptors (Lipinski definition) is 4. The summed E-state index contributed by atoms with van der Waals surface area (Å²) in [5, 5.41) is 7.33. The van der Waals surface area contributed by atoms with Gasteiger partial charge in [0.2, 0.25) is 5.91 Å². The van der Waals surface area contributed by atoms with E-state index in [2.05, 4.69) is 10.4 Å². The van der Waals surface area contributed by atoms with Gasteiger partial charge in [0.15, 0.2) is 0 Å². The number of ether oxygens (including phenoxy) is 2. The van der Waals surface area contributed by atoms with Crippen LogP contribution in [0.2, 0.25) is 0 Å². The van der Waals surface area contributed by atoms with Gasteiger partial charge in [-0.3, -0.25) is 4.79 Å². The first kappa shape index (κ1) is 18.0. The summed E-state index contributed by atoms with van der Waals surface area (Å²) in [6.45, 7) is 0. The van der Waals surface area contributed by atoms with Gasteiger partial charge in [0.25, 0.3) is 0 Å². The maximum atomic E-state index is 12.4. The molecule has 1 amide bonds. The minimum Gasteiger partial charge on any atom is -0.497 e. The molecule has 6 heteroatoms. The summed E-state index contributed by atoms with van der Waals surface area (Å²) >= 11 is 0. The lowest BCUT2D eigenvalue weighted by Gasteiger charge is -2.23. The van der Waals surface area contributed by atoms with Gasteiger partial charge in [-0.2, -0.15) is 5.10 Å². The Bertz CT molecular complexity index is 776. The molecule has 26 heavy (non-hydrogen) atoms. The monoisotopic (exact) mass is 355 g/mol. The average molecular weight is 355 g/mol. The van der Waals surface area contributed by atoms with Gasteiger partial charge in [0, 0.05) is 17.7 Å². The third-order valence-corrected chi connectivity index (χ3v) is 4.69. The number of anilines is 1. The van der Waals surface area contributed by atoms with Crippen molar-refractivity contribution in [1.82, 2.24) is 9.78 Å². The lowest BCUT2D eigenvalue weighted by molar-refractivity contribution is -0.111. The number of nitrogens with one attached hydrogen (secondary N) is 1. The van der Waals surface area contributed by atoms with Crippen molar-refractivity contribution in [2.24, 2.45) is 0 Å². The van der Waals surface area contributed by atoms with Gasteiger partial charge >= 0.3 is 0 Å². The molecule has 6 nitrogen and oxygen atoms in total. The Kier molecular flexibility index (Phi) is 5.94. The number of carbonyl (C=O) groups is 1. The predicted molar refractivity (Wildman–Crippen MR) is 102 cm³/mol. The standard InChI is InChI=1S/C20H25N3O3/c1-25-17-9-10-18(26-2)15(14-17)8-11-20(24)22-19-12-13-21-23(19)16-6-4-3-5-7-16/h8-14,16H,3-7H2,1-2H3,(H,22,24)/b11-8+. The second-order valence-corrected chi connectivity index (χ2v) is 6.38. The second-order valence-electron chi connectivity index (χ2n) is 6.38. The number of benzene rings is 1. The number of aromatic nitrogens is 2. The summed E-state index contributed by atoms with van der Waals surface area (Å²) in [5.41, 5.74) is 0.780. The number of rotatable bonds is 6. The van der Waals surface area contributed by atoms with Crippen molar-refractivity contribution in [2.75, 3.05) is 19.5 Å². The maximum absolute atomic E-state index is 12.4. The number of carbonyl (C=O) groups excluding carboxylic acids is 1. The van der Waals surface area contributed by atoms with E-state index in [1.807, 2.05) is 28.9 Å². The van der Waals surface area contributed by atoms with Crippen LogP contribution in [-0.4, -0.2) is 29.9 Å². The summed E-state index contributed by atoms with van der Waals surface area (Å²) < 4.78 is 12.5. The normalized spacial score (nSPS) is 15.2. The Hall–Kier alpha value is -2.76. The molecule has 1 saturated carbocycles. The van der Waals surface area contributed by atoms with Crippen molar-refractivity contribution in [3.63, 3.8) is 0 Å². The van der Waals surface area contributed by atoms with Gasteiger partial charge in [-0.25, -0.2) is 4.68 Å². The van der Waals surface area contributed by atoms with E-state index < -0.39 is 0 Å². The van der Waals surface area contributed by atoms with Gasteiger partial charge in [-0.05, 0) is 37.1 Å². The molecule has 1 aromatic carbocycles. The molecule has 1 aromatic heterocycles. The molecule has 0 spiro atoms. The molecule has 0 atom stereocenters. The molecular formula is C20H25N3O3. The van der Waals surface area contributed by atoms with Gasteiger partial charge in [-0.1, -0.05) is 19.3 Å². The zero-order valence-corrected chi connectivity index (χ0v) is 15.3. The zero-order valence-electron chi connectivity index (χ0n) is 15.3. The highest BCUT2D eigenvalue weighted by atomic mass is 16.5. The molecule has 1 aliphatic carbocycles. The SMILES string of the molecule is COc1ccc(OC)c(/C=C/C(=O)Nc2ccnn2C2CCCCC2)c1. The first-order chi connectivity index (χ1) is 12.7. The second kappa shape index (κ2) is 8.56. The molecule has 0 radical (unpaired) electrons. The van der Waals surface area contributed by atoms with Crippen LogP contribution in [0.4, 0.5) is 5.82 Å². The van der Waals surface area contributed by atoms with Crippen LogP contribution in [0.5, 0.6) is 11.5 Å². The molecule has 0 aliphatic heterocycles. The minimum absolute atomic E-state index is 0.201. The fourth-order valence-corrected chi connectivity index (χ4v) is 3.33. The van der Waals surface area contributed by atoms with E-state index in [0.717, 1.165) is 24.2 Å². The quantitative estimate of drug-likeness (QED) is 0.794. The highest BCUT2D eigenvalue weighted by Crippen LogP contribution is 2.30. The fraction of sp³-hybridized carbons (Fsp3) is 0.400. The molecule has 0 saturated heterocycles. The Labute approximate surface area is 153 Å². The van der Waals surface area contributed by atoms with Crippen LogP contribution in [0.25, 0.3) is 6.08 Å². The van der Waals surface area contributed by atoms with Crippen LogP contribution >= 0.6 is 0 Å². The predicted octanol–water partition coefficient (Wildman–Crippen LogP) is 4.06. The minimum atomic E-state index is -0.201. The number of amides is 1. The highest BCUT2D eigenvalue weighted by molar-refractivity contribution is 6.01. The van der Waals surface area contributed by atoms with Crippen molar-refractivity contribution in [1.29, 1.82) is 0 Å². The van der Waals surface area contributed by atoms with Crippen LogP contribution < -0.4 is 14.8 Å². The van der Waals surface area contributed by atoms with E-state index in [4.69, 9.17) is 9.47 Å². The first-order valence-electron chi connectivity index (χ1n) is 8.96. The van der Waals surface area contributed by atoms with Crippen molar-refractivity contribution in [3.05, 3.63) is 42.1 Å². The Balaban J connectivity index is 1.70. The summed E-state index contributed by atoms with van der Waals surface area (Å²) in [6, 6.07) is 7.67. The molecule has 0 bridgehead atoms. The largest absolute Gasteiger partial charge is 0.497 e. The highest BCUT2D eigenvalue weighted by Gasteiger charge is 2.18. The molecule has 1 N–H and O–H groups in total. The topological polar surface area (TPSA) is 65.4 Å². The fourth-order valence-electron chi connectivity index (χ4n) is 3.33. The van der Waals surface area contributed by atoms with Crippen molar-refractivity contribution >= 4 is 17.8 Å². The van der Waals surface area contributed by atoms with E-state index in [-0.39, 0.29) is 5.91 Å². The lowest BCUT2D eigenvalue weighted by atomic mass is 9.96. The Morgan fingerprint density at radius 2 is 2.00 bits per heavy atom. The maximum Gasteiger partial charge on any atom is 0.249 e. The molecule has 1 aliphatic rings. The van der Waals surface area contributed by atoms with Crippen LogP contribution in [0.1, 0.15) is 43.7 Å². The third-order valence-electron chi connectivity index (χ3n) is 4.69. The molecule has 2 aromatic rings. The van der Waals surface area contributed by atoms with Gasteiger partial charge in [0.05, 0.1) is 26.5 Å². The van der Waals surface area contributed by atoms with Crippen LogP contribution in [0, 0.1) is 0 Å². The Morgan fingerprint density at radius 1 is 1.19 bits per heavy atom. The Morgan fingerprint density at radius 3 is 2.73 bits per heavy atom. The first-order valence-corrected chi connectivity index (χ1v) is 8.96. The summed E-state index contributed by atoms with van der Waals surface area (Å²) in [4.78, 5) is 12.4. The summed E-state index contributed by atoms with van der Waals surface area (Å²) in [5.74, 6) is 1.93. The number of hydrogen-bond donors (Lipinski definition) is 1. The van der Waals surface area contributed by atoms with Gasteiger partial charge < -0.3 is 14.8 Å². The molecule has 1 fully saturated rings. The van der Waals surface area contributed by atoms with Crippen LogP contribution in [0.3, 0.4) is 0 Å². The summed E-state index contributed by atoms with van der Waals surface area (Å²) in [6.07, 6.45) is 10.9. The van der Waals surface area contributed by atoms with Crippen LogP contribution in [-0.2, 0) is 4.79 Å². The van der Waals surface area contributed by atoms with E-state index in [1.165, 1.54) is 25.3 Å². The number of nitrogens with zero attached hydrogens (tertiary/aromatic N) is 2. The van der Waals surface area contributed by atoms with Crippen molar-refractivity contribution in [3.8, 4) is 11.5 Å². The van der Waals surface area contributed by atoms with E-state index in [9.17, 15) is 4.79 Å². The summed E-state index contributed by atoms with van der Waals surface area (Å²) in [7, 11) is 3.20. The van der Waals surface area contributed by atoms with Gasteiger partial charge in [-0.15, -0.1) is 0 Å². The molecule has 138 valence electrons. The van der Waals surface area contributed by atoms with Crippen LogP contribution in [0.15, 0.2) is 36.5 Å². The lowest BCUT2D eigenvalue weighted by Crippen LogP contribution is -2.19. The van der Waals surface area contributed by atoms with E-state index >= 15 is 0 Å². The molecule has 3 rings (SSSR count). The van der Waals surface area contributed by atoms with Crippen molar-refractivity contribution < 1.29 is 14.3 Å². The molecule has 1 heterocycles. The zero-order chi connectivity index (χ0) is 18.4. The number of methoxy groups -OCH3 is 2. The third kappa shape index (κ3) is 4.25. The van der Waals surface area contributed by atoms with E-state index in [1.54, 1.807) is 26.5 Å². The van der Waals surface area contributed by atoms with Gasteiger partial charge in [0.1, 0.15) is 17.3 Å². The average Bonchev–Trinajstić information content (AvgIpc) is 3.14. The smallest absolute Gasteiger partial charge is 0.249 e.